The van der Waals surface area contributed by atoms with Crippen molar-refractivity contribution >= 4 is 16.7 Å². The summed E-state index contributed by atoms with van der Waals surface area (Å²) in [5.41, 5.74) is 3.58. The lowest BCUT2D eigenvalue weighted by atomic mass is 9.86. The molecule has 0 fully saturated rings. The van der Waals surface area contributed by atoms with E-state index in [0.717, 1.165) is 10.9 Å². The Morgan fingerprint density at radius 1 is 0.909 bits per heavy atom. The van der Waals surface area contributed by atoms with Crippen LogP contribution in [0.1, 0.15) is 42.3 Å². The highest BCUT2D eigenvalue weighted by Crippen LogP contribution is 2.24. The van der Waals surface area contributed by atoms with Gasteiger partial charge in [-0.2, -0.15) is 0 Å². The number of hydrogen-bond donors (Lipinski definition) is 0. The van der Waals surface area contributed by atoms with Gasteiger partial charge in [0.1, 0.15) is 0 Å². The molecule has 0 N–H and O–H groups in total. The molecule has 0 aliphatic carbocycles. The van der Waals surface area contributed by atoms with Gasteiger partial charge in [-0.05, 0) is 23.1 Å². The molecule has 2 heteroatoms. The number of fused-ring (bicyclic) bond motifs is 1. The van der Waals surface area contributed by atoms with E-state index in [-0.39, 0.29) is 11.2 Å². The van der Waals surface area contributed by atoms with E-state index in [1.165, 1.54) is 5.56 Å². The summed E-state index contributed by atoms with van der Waals surface area (Å²) in [6.45, 7) is 6.50. The third-order valence-corrected chi connectivity index (χ3v) is 3.91. The van der Waals surface area contributed by atoms with E-state index in [1.807, 2.05) is 48.5 Å². The fourth-order valence-electron chi connectivity index (χ4n) is 2.57. The molecule has 0 amide bonds. The van der Waals surface area contributed by atoms with E-state index in [9.17, 15) is 4.79 Å². The van der Waals surface area contributed by atoms with Crippen molar-refractivity contribution in [2.45, 2.75) is 26.2 Å². The lowest BCUT2D eigenvalue weighted by molar-refractivity contribution is 0.104. The number of carbonyl (C=O) groups excluding carboxylic acids is 1. The van der Waals surface area contributed by atoms with Crippen molar-refractivity contribution in [1.29, 1.82) is 0 Å². The van der Waals surface area contributed by atoms with Crippen molar-refractivity contribution < 1.29 is 4.79 Å². The molecule has 0 saturated carbocycles. The van der Waals surface area contributed by atoms with Crippen molar-refractivity contribution in [3.05, 3.63) is 77.5 Å². The summed E-state index contributed by atoms with van der Waals surface area (Å²) in [4.78, 5) is 17.1. The van der Waals surface area contributed by atoms with E-state index < -0.39 is 0 Å². The molecule has 2 nitrogen and oxygen atoms in total. The van der Waals surface area contributed by atoms with Crippen LogP contribution in [0.4, 0.5) is 0 Å². The van der Waals surface area contributed by atoms with Gasteiger partial charge in [0.15, 0.2) is 5.78 Å². The van der Waals surface area contributed by atoms with E-state index in [2.05, 4.69) is 25.8 Å². The molecule has 22 heavy (non-hydrogen) atoms. The summed E-state index contributed by atoms with van der Waals surface area (Å²) in [6.07, 6.45) is 1.69. The largest absolute Gasteiger partial charge is 0.289 e. The second-order valence-electron chi connectivity index (χ2n) is 6.53. The molecule has 110 valence electrons. The average molecular weight is 289 g/mol. The number of ketones is 1. The molecule has 0 atom stereocenters. The topological polar surface area (TPSA) is 30.0 Å². The van der Waals surface area contributed by atoms with E-state index in [4.69, 9.17) is 0 Å². The number of hydrogen-bond acceptors (Lipinski definition) is 2. The second-order valence-corrected chi connectivity index (χ2v) is 6.53. The highest BCUT2D eigenvalue weighted by molar-refractivity contribution is 6.15. The van der Waals surface area contributed by atoms with Crippen LogP contribution in [0.15, 0.2) is 60.8 Å². The van der Waals surface area contributed by atoms with Crippen molar-refractivity contribution in [2.24, 2.45) is 0 Å². The number of carbonyl (C=O) groups is 1. The summed E-state index contributed by atoms with van der Waals surface area (Å²) in [5, 5.41) is 0.898. The minimum absolute atomic E-state index is 0.0408. The van der Waals surface area contributed by atoms with Crippen LogP contribution in [0.5, 0.6) is 0 Å². The number of benzene rings is 2. The molecular weight excluding hydrogens is 270 g/mol. The zero-order valence-electron chi connectivity index (χ0n) is 13.1. The Morgan fingerprint density at radius 3 is 2.27 bits per heavy atom. The van der Waals surface area contributed by atoms with Gasteiger partial charge in [0.2, 0.25) is 0 Å². The maximum absolute atomic E-state index is 12.8. The Morgan fingerprint density at radius 2 is 1.59 bits per heavy atom. The molecule has 2 aromatic carbocycles. The zero-order chi connectivity index (χ0) is 15.7. The number of rotatable bonds is 2. The predicted octanol–water partition coefficient (Wildman–Crippen LogP) is 4.76. The summed E-state index contributed by atoms with van der Waals surface area (Å²) in [5.74, 6) is 0.0408. The van der Waals surface area contributed by atoms with Crippen LogP contribution < -0.4 is 0 Å². The van der Waals surface area contributed by atoms with Crippen LogP contribution in [-0.4, -0.2) is 10.8 Å². The maximum atomic E-state index is 12.8. The van der Waals surface area contributed by atoms with Crippen LogP contribution in [0.3, 0.4) is 0 Å². The fraction of sp³-hybridized carbons (Fsp3) is 0.200. The Hall–Kier alpha value is -2.48. The van der Waals surface area contributed by atoms with Crippen molar-refractivity contribution in [1.82, 2.24) is 4.98 Å². The van der Waals surface area contributed by atoms with Gasteiger partial charge in [0.25, 0.3) is 0 Å². The molecule has 1 heterocycles. The molecule has 0 aliphatic rings. The second kappa shape index (κ2) is 5.38. The Labute approximate surface area is 130 Å². The maximum Gasteiger partial charge on any atom is 0.193 e. The van der Waals surface area contributed by atoms with Gasteiger partial charge >= 0.3 is 0 Å². The Kier molecular flexibility index (Phi) is 3.53. The lowest BCUT2D eigenvalue weighted by Gasteiger charge is -2.19. The van der Waals surface area contributed by atoms with Gasteiger partial charge in [-0.25, -0.2) is 0 Å². The third-order valence-electron chi connectivity index (χ3n) is 3.91. The van der Waals surface area contributed by atoms with Crippen LogP contribution in [-0.2, 0) is 5.41 Å². The summed E-state index contributed by atoms with van der Waals surface area (Å²) in [7, 11) is 0. The Bertz CT molecular complexity index is 821. The lowest BCUT2D eigenvalue weighted by Crippen LogP contribution is -2.11. The molecule has 3 aromatic rings. The molecule has 0 bridgehead atoms. The van der Waals surface area contributed by atoms with Gasteiger partial charge in [-0.3, -0.25) is 9.78 Å². The predicted molar refractivity (Wildman–Crippen MR) is 90.3 cm³/mol. The quantitative estimate of drug-likeness (QED) is 0.636. The molecule has 0 saturated heterocycles. The zero-order valence-corrected chi connectivity index (χ0v) is 13.1. The van der Waals surface area contributed by atoms with E-state index in [0.29, 0.717) is 11.1 Å². The smallest absolute Gasteiger partial charge is 0.193 e. The number of aromatic nitrogens is 1. The first kappa shape index (κ1) is 14.5. The number of pyridine rings is 1. The Balaban J connectivity index is 2.03. The van der Waals surface area contributed by atoms with Crippen LogP contribution in [0.2, 0.25) is 0 Å². The van der Waals surface area contributed by atoms with Gasteiger partial charge < -0.3 is 0 Å². The van der Waals surface area contributed by atoms with Crippen molar-refractivity contribution in [2.75, 3.05) is 0 Å². The first-order valence-corrected chi connectivity index (χ1v) is 7.46. The summed E-state index contributed by atoms with van der Waals surface area (Å²) in [6, 6.07) is 17.4. The first-order chi connectivity index (χ1) is 10.5. The molecule has 0 radical (unpaired) electrons. The molecule has 0 aliphatic heterocycles. The SMILES string of the molecule is CC(C)(C)c1ccc(C(=O)c2ccnc3ccccc23)cc1. The molecule has 0 spiro atoms. The highest BCUT2D eigenvalue weighted by atomic mass is 16.1. The minimum Gasteiger partial charge on any atom is -0.289 e. The monoisotopic (exact) mass is 289 g/mol. The first-order valence-electron chi connectivity index (χ1n) is 7.46. The van der Waals surface area contributed by atoms with E-state index >= 15 is 0 Å². The van der Waals surface area contributed by atoms with Gasteiger partial charge in [-0.15, -0.1) is 0 Å². The average Bonchev–Trinajstić information content (AvgIpc) is 2.53. The van der Waals surface area contributed by atoms with Crippen LogP contribution >= 0.6 is 0 Å². The van der Waals surface area contributed by atoms with Gasteiger partial charge in [0, 0.05) is 22.7 Å². The molecule has 1 aromatic heterocycles. The molecule has 3 rings (SSSR count). The van der Waals surface area contributed by atoms with Crippen molar-refractivity contribution in [3.63, 3.8) is 0 Å². The number of para-hydroxylation sites is 1. The van der Waals surface area contributed by atoms with Gasteiger partial charge in [0.05, 0.1) is 5.52 Å². The molecule has 0 unspecified atom stereocenters. The normalized spacial score (nSPS) is 11.6. The summed E-state index contributed by atoms with van der Waals surface area (Å²) >= 11 is 0. The minimum atomic E-state index is 0.0408. The highest BCUT2D eigenvalue weighted by Gasteiger charge is 2.16. The van der Waals surface area contributed by atoms with Crippen molar-refractivity contribution in [3.8, 4) is 0 Å². The van der Waals surface area contributed by atoms with Gasteiger partial charge in [-0.1, -0.05) is 63.2 Å². The van der Waals surface area contributed by atoms with E-state index in [1.54, 1.807) is 12.3 Å². The standard InChI is InChI=1S/C20H19NO/c1-20(2,3)15-10-8-14(9-11-15)19(22)17-12-13-21-18-7-5-4-6-16(17)18/h4-13H,1-3H3. The fourth-order valence-corrected chi connectivity index (χ4v) is 2.57. The molecular formula is C20H19NO. The van der Waals surface area contributed by atoms with Crippen LogP contribution in [0.25, 0.3) is 10.9 Å². The third kappa shape index (κ3) is 2.64. The summed E-state index contributed by atoms with van der Waals surface area (Å²) < 4.78 is 0. The van der Waals surface area contributed by atoms with Crippen LogP contribution in [0, 0.1) is 0 Å². The number of nitrogens with zero attached hydrogens (tertiary/aromatic N) is 1.